The predicted molar refractivity (Wildman–Crippen MR) is 158 cm³/mol. The van der Waals surface area contributed by atoms with Gasteiger partial charge in [0.2, 0.25) is 0 Å². The number of hydrogen-bond acceptors (Lipinski definition) is 4. The van der Waals surface area contributed by atoms with Crippen LogP contribution in [0, 0.1) is 0 Å². The van der Waals surface area contributed by atoms with E-state index in [0.717, 1.165) is 37.5 Å². The highest BCUT2D eigenvalue weighted by Gasteiger charge is 2.39. The molecule has 4 heteroatoms. The minimum absolute atomic E-state index is 0.246. The van der Waals surface area contributed by atoms with Crippen molar-refractivity contribution in [1.82, 2.24) is 4.90 Å². The maximum absolute atomic E-state index is 5.43. The molecule has 0 amide bonds. The Morgan fingerprint density at radius 3 is 2.27 bits per heavy atom. The molecule has 1 fully saturated rings. The minimum Gasteiger partial charge on any atom is -0.361 e. The SMILES string of the molecule is CC[C@H]1C(c2ccccc2)N(c2ccccc2)CCN1C1=Nc2ccccc2Cc2sc(C(C)C)cc21. The van der Waals surface area contributed by atoms with E-state index in [4.69, 9.17) is 4.99 Å². The quantitative estimate of drug-likeness (QED) is 0.278. The molecule has 37 heavy (non-hydrogen) atoms. The molecule has 2 atom stereocenters. The Balaban J connectivity index is 1.49. The van der Waals surface area contributed by atoms with Gasteiger partial charge in [0.25, 0.3) is 0 Å². The molecule has 1 unspecified atom stereocenters. The molecule has 0 N–H and O–H groups in total. The standard InChI is InChI=1S/C33H35N3S/c1-4-29-32(24-13-7-5-8-14-24)35(26-16-9-6-10-17-26)19-20-36(29)33-27-22-30(23(2)3)37-31(27)21-25-15-11-12-18-28(25)34-33/h5-18,22-23,29,32H,4,19-21H2,1-3H3/t29-,32?/m0/s1. The number of fused-ring (bicyclic) bond motifs is 2. The number of amidine groups is 1. The van der Waals surface area contributed by atoms with E-state index in [9.17, 15) is 0 Å². The maximum atomic E-state index is 5.43. The third kappa shape index (κ3) is 4.48. The first kappa shape index (κ1) is 24.0. The van der Waals surface area contributed by atoms with Crippen LogP contribution < -0.4 is 4.90 Å². The fraction of sp³-hybridized carbons (Fsp3) is 0.303. The molecule has 6 rings (SSSR count). The third-order valence-electron chi connectivity index (χ3n) is 7.81. The van der Waals surface area contributed by atoms with Crippen LogP contribution in [0.2, 0.25) is 0 Å². The van der Waals surface area contributed by atoms with Crippen LogP contribution in [-0.4, -0.2) is 29.9 Å². The summed E-state index contributed by atoms with van der Waals surface area (Å²) >= 11 is 1.97. The predicted octanol–water partition coefficient (Wildman–Crippen LogP) is 8.20. The van der Waals surface area contributed by atoms with E-state index in [1.54, 1.807) is 0 Å². The zero-order valence-electron chi connectivity index (χ0n) is 22.0. The molecule has 2 aliphatic rings. The van der Waals surface area contributed by atoms with Crippen molar-refractivity contribution in [1.29, 1.82) is 0 Å². The fourth-order valence-corrected chi connectivity index (χ4v) is 7.14. The first-order chi connectivity index (χ1) is 18.1. The number of thiophene rings is 1. The molecule has 0 bridgehead atoms. The Labute approximate surface area is 225 Å². The summed E-state index contributed by atoms with van der Waals surface area (Å²) in [5.74, 6) is 1.67. The van der Waals surface area contributed by atoms with Gasteiger partial charge in [0.05, 0.1) is 17.8 Å². The molecule has 0 radical (unpaired) electrons. The van der Waals surface area contributed by atoms with Gasteiger partial charge in [0.15, 0.2) is 0 Å². The second-order valence-corrected chi connectivity index (χ2v) is 11.6. The summed E-state index contributed by atoms with van der Waals surface area (Å²) in [7, 11) is 0. The maximum Gasteiger partial charge on any atom is 0.138 e. The van der Waals surface area contributed by atoms with Gasteiger partial charge in [-0.2, -0.15) is 0 Å². The number of para-hydroxylation sites is 2. The molecule has 0 aliphatic carbocycles. The van der Waals surface area contributed by atoms with Crippen molar-refractivity contribution in [3.8, 4) is 0 Å². The first-order valence-corrected chi connectivity index (χ1v) is 14.4. The van der Waals surface area contributed by atoms with E-state index in [1.165, 1.54) is 32.1 Å². The molecular weight excluding hydrogens is 470 g/mol. The van der Waals surface area contributed by atoms with Crippen molar-refractivity contribution in [2.75, 3.05) is 18.0 Å². The van der Waals surface area contributed by atoms with Gasteiger partial charge in [0, 0.05) is 40.5 Å². The summed E-state index contributed by atoms with van der Waals surface area (Å²) in [6.45, 7) is 8.84. The largest absolute Gasteiger partial charge is 0.361 e. The van der Waals surface area contributed by atoms with Crippen LogP contribution in [0.5, 0.6) is 0 Å². The number of piperazine rings is 1. The van der Waals surface area contributed by atoms with Crippen LogP contribution in [0.15, 0.2) is 96.0 Å². The van der Waals surface area contributed by atoms with Crippen molar-refractivity contribution < 1.29 is 0 Å². The first-order valence-electron chi connectivity index (χ1n) is 13.6. The normalized spacial score (nSPS) is 19.3. The zero-order valence-corrected chi connectivity index (χ0v) is 22.8. The number of anilines is 1. The Morgan fingerprint density at radius 1 is 0.865 bits per heavy atom. The lowest BCUT2D eigenvalue weighted by Gasteiger charge is -2.50. The van der Waals surface area contributed by atoms with Crippen molar-refractivity contribution in [3.05, 3.63) is 117 Å². The lowest BCUT2D eigenvalue weighted by atomic mass is 9.90. The number of benzene rings is 3. The van der Waals surface area contributed by atoms with Gasteiger partial charge < -0.3 is 9.80 Å². The van der Waals surface area contributed by atoms with Gasteiger partial charge in [-0.25, -0.2) is 4.99 Å². The molecule has 3 aromatic carbocycles. The molecule has 4 aromatic rings. The molecular formula is C33H35N3S. The summed E-state index contributed by atoms with van der Waals surface area (Å²) in [6, 6.07) is 33.7. The topological polar surface area (TPSA) is 18.8 Å². The molecule has 0 saturated carbocycles. The van der Waals surface area contributed by atoms with Crippen LogP contribution in [0.1, 0.15) is 65.6 Å². The van der Waals surface area contributed by atoms with Gasteiger partial charge in [-0.15, -0.1) is 11.3 Å². The molecule has 1 aromatic heterocycles. The number of aliphatic imine (C=N–C) groups is 1. The highest BCUT2D eigenvalue weighted by atomic mass is 32.1. The smallest absolute Gasteiger partial charge is 0.138 e. The van der Waals surface area contributed by atoms with Gasteiger partial charge in [0.1, 0.15) is 5.84 Å². The van der Waals surface area contributed by atoms with Crippen LogP contribution in [0.4, 0.5) is 11.4 Å². The van der Waals surface area contributed by atoms with Crippen molar-refractivity contribution in [3.63, 3.8) is 0 Å². The summed E-state index contributed by atoms with van der Waals surface area (Å²) in [5, 5.41) is 0. The van der Waals surface area contributed by atoms with Crippen LogP contribution in [0.25, 0.3) is 0 Å². The average Bonchev–Trinajstić information content (AvgIpc) is 3.30. The van der Waals surface area contributed by atoms with E-state index in [0.29, 0.717) is 12.0 Å². The third-order valence-corrected chi connectivity index (χ3v) is 9.24. The van der Waals surface area contributed by atoms with E-state index in [1.807, 2.05) is 11.3 Å². The summed E-state index contributed by atoms with van der Waals surface area (Å²) < 4.78 is 0. The van der Waals surface area contributed by atoms with Crippen LogP contribution in [0.3, 0.4) is 0 Å². The number of rotatable bonds is 4. The van der Waals surface area contributed by atoms with Gasteiger partial charge in [-0.05, 0) is 47.7 Å². The highest BCUT2D eigenvalue weighted by molar-refractivity contribution is 7.12. The number of hydrogen-bond donors (Lipinski definition) is 0. The molecule has 188 valence electrons. The Morgan fingerprint density at radius 2 is 1.54 bits per heavy atom. The van der Waals surface area contributed by atoms with E-state index in [2.05, 4.69) is 122 Å². The molecule has 3 nitrogen and oxygen atoms in total. The monoisotopic (exact) mass is 505 g/mol. The zero-order chi connectivity index (χ0) is 25.4. The van der Waals surface area contributed by atoms with Gasteiger partial charge in [-0.3, -0.25) is 0 Å². The Kier molecular flexibility index (Phi) is 6.60. The fourth-order valence-electron chi connectivity index (χ4n) is 5.96. The van der Waals surface area contributed by atoms with Crippen molar-refractivity contribution >= 4 is 28.5 Å². The lowest BCUT2D eigenvalue weighted by Crippen LogP contribution is -2.57. The lowest BCUT2D eigenvalue weighted by molar-refractivity contribution is 0.221. The molecule has 2 aliphatic heterocycles. The van der Waals surface area contributed by atoms with Gasteiger partial charge >= 0.3 is 0 Å². The van der Waals surface area contributed by atoms with Crippen LogP contribution >= 0.6 is 11.3 Å². The van der Waals surface area contributed by atoms with Crippen LogP contribution in [-0.2, 0) is 6.42 Å². The molecule has 3 heterocycles. The second-order valence-electron chi connectivity index (χ2n) is 10.4. The van der Waals surface area contributed by atoms with Crippen molar-refractivity contribution in [2.45, 2.75) is 51.6 Å². The van der Waals surface area contributed by atoms with E-state index >= 15 is 0 Å². The number of nitrogens with zero attached hydrogens (tertiary/aromatic N) is 3. The second kappa shape index (κ2) is 10.2. The highest BCUT2D eigenvalue weighted by Crippen LogP contribution is 2.41. The average molecular weight is 506 g/mol. The minimum atomic E-state index is 0.246. The summed E-state index contributed by atoms with van der Waals surface area (Å²) in [4.78, 5) is 13.6. The molecule has 0 spiro atoms. The summed E-state index contributed by atoms with van der Waals surface area (Å²) in [5.41, 5.74) is 6.44. The van der Waals surface area contributed by atoms with E-state index in [-0.39, 0.29) is 6.04 Å². The Hall–Kier alpha value is -3.37. The Bertz CT molecular complexity index is 1390. The van der Waals surface area contributed by atoms with Crippen molar-refractivity contribution in [2.24, 2.45) is 4.99 Å². The van der Waals surface area contributed by atoms with Gasteiger partial charge in [-0.1, -0.05) is 87.5 Å². The molecule has 1 saturated heterocycles. The summed E-state index contributed by atoms with van der Waals surface area (Å²) in [6.07, 6.45) is 2.00. The van der Waals surface area contributed by atoms with E-state index < -0.39 is 0 Å².